The Kier molecular flexibility index (Phi) is 9.53. The first-order valence-corrected chi connectivity index (χ1v) is 15.8. The van der Waals surface area contributed by atoms with Crippen LogP contribution in [0.15, 0.2) is 107 Å². The average Bonchev–Trinajstić information content (AvgIpc) is 3.57. The molecule has 242 valence electrons. The summed E-state index contributed by atoms with van der Waals surface area (Å²) in [5.41, 5.74) is 5.73. The zero-order valence-corrected chi connectivity index (χ0v) is 27.5. The first kappa shape index (κ1) is 32.1. The number of amides is 1. The predicted octanol–water partition coefficient (Wildman–Crippen LogP) is 7.10. The van der Waals surface area contributed by atoms with Crippen molar-refractivity contribution in [2.24, 2.45) is 5.16 Å². The summed E-state index contributed by atoms with van der Waals surface area (Å²) in [6, 6.07) is 30.2. The second-order valence-corrected chi connectivity index (χ2v) is 11.5. The molecule has 0 aliphatic heterocycles. The van der Waals surface area contributed by atoms with E-state index in [-0.39, 0.29) is 11.7 Å². The monoisotopic (exact) mass is 660 g/mol. The van der Waals surface area contributed by atoms with Crippen molar-refractivity contribution >= 4 is 40.0 Å². The largest absolute Gasteiger partial charge is 0.497 e. The third kappa shape index (κ3) is 6.65. The summed E-state index contributed by atoms with van der Waals surface area (Å²) in [6.07, 6.45) is 0. The molecule has 2 N–H and O–H groups in total. The van der Waals surface area contributed by atoms with Gasteiger partial charge in [-0.1, -0.05) is 47.2 Å². The van der Waals surface area contributed by atoms with Gasteiger partial charge in [-0.05, 0) is 79.2 Å². The first-order valence-electron chi connectivity index (χ1n) is 14.9. The summed E-state index contributed by atoms with van der Waals surface area (Å²) in [7, 11) is 4.82. The van der Waals surface area contributed by atoms with Gasteiger partial charge >= 0.3 is 0 Å². The number of ether oxygens (including phenoxy) is 3. The van der Waals surface area contributed by atoms with E-state index in [2.05, 4.69) is 20.7 Å². The van der Waals surface area contributed by atoms with Gasteiger partial charge in [-0.15, -0.1) is 10.2 Å². The number of oxime groups is 1. The summed E-state index contributed by atoms with van der Waals surface area (Å²) in [5, 5.41) is 25.8. The Morgan fingerprint density at radius 1 is 0.875 bits per heavy atom. The van der Waals surface area contributed by atoms with Crippen molar-refractivity contribution in [3.63, 3.8) is 0 Å². The van der Waals surface area contributed by atoms with Gasteiger partial charge < -0.3 is 24.7 Å². The molecule has 0 bridgehead atoms. The molecule has 2 aromatic heterocycles. The lowest BCUT2D eigenvalue weighted by Crippen LogP contribution is -2.14. The number of fused-ring (bicyclic) bond motifs is 1. The van der Waals surface area contributed by atoms with Crippen LogP contribution in [0, 0.1) is 0 Å². The molecule has 0 aliphatic carbocycles. The molecular weight excluding hydrogens is 628 g/mol. The fraction of sp³-hybridized carbons (Fsp3) is 0.139. The van der Waals surface area contributed by atoms with Crippen LogP contribution in [0.25, 0.3) is 39.2 Å². The number of rotatable bonds is 11. The molecule has 0 spiro atoms. The molecule has 11 nitrogen and oxygen atoms in total. The molecule has 0 unspecified atom stereocenters. The summed E-state index contributed by atoms with van der Waals surface area (Å²) in [5.74, 6) is 2.33. The van der Waals surface area contributed by atoms with Gasteiger partial charge in [0.15, 0.2) is 22.5 Å². The second kappa shape index (κ2) is 14.3. The predicted molar refractivity (Wildman–Crippen MR) is 187 cm³/mol. The van der Waals surface area contributed by atoms with E-state index in [9.17, 15) is 4.79 Å². The Balaban J connectivity index is 1.40. The zero-order chi connectivity index (χ0) is 33.6. The third-order valence-corrected chi connectivity index (χ3v) is 8.58. The molecular formula is C36H32N6O5S. The number of hydrogen-bond acceptors (Lipinski definition) is 10. The molecule has 12 heteroatoms. The molecule has 1 amide bonds. The normalized spacial score (nSPS) is 11.4. The number of nitrogens with zero attached hydrogens (tertiary/aromatic N) is 5. The lowest BCUT2D eigenvalue weighted by atomic mass is 10.0. The van der Waals surface area contributed by atoms with Crippen molar-refractivity contribution in [3.8, 4) is 45.6 Å². The molecule has 0 saturated heterocycles. The summed E-state index contributed by atoms with van der Waals surface area (Å²) >= 11 is 1.27. The van der Waals surface area contributed by atoms with Crippen LogP contribution in [0.5, 0.6) is 17.2 Å². The minimum absolute atomic E-state index is 0.0889. The highest BCUT2D eigenvalue weighted by molar-refractivity contribution is 7.99. The second-order valence-electron chi connectivity index (χ2n) is 10.6. The summed E-state index contributed by atoms with van der Waals surface area (Å²) < 4.78 is 18.5. The van der Waals surface area contributed by atoms with Gasteiger partial charge in [-0.3, -0.25) is 9.36 Å². The lowest BCUT2D eigenvalue weighted by Gasteiger charge is -2.15. The number of carbonyl (C=O) groups excluding carboxylic acids is 1. The van der Waals surface area contributed by atoms with Crippen LogP contribution in [0.3, 0.4) is 0 Å². The molecule has 0 saturated carbocycles. The van der Waals surface area contributed by atoms with Crippen LogP contribution in [0.1, 0.15) is 12.5 Å². The lowest BCUT2D eigenvalue weighted by molar-refractivity contribution is -0.113. The number of aromatic nitrogens is 4. The van der Waals surface area contributed by atoms with Crippen LogP contribution in [-0.2, 0) is 4.79 Å². The number of benzene rings is 4. The maximum absolute atomic E-state index is 13.0. The van der Waals surface area contributed by atoms with Crippen molar-refractivity contribution in [3.05, 3.63) is 103 Å². The summed E-state index contributed by atoms with van der Waals surface area (Å²) in [6.45, 7) is 1.70. The van der Waals surface area contributed by atoms with E-state index < -0.39 is 0 Å². The fourth-order valence-electron chi connectivity index (χ4n) is 5.19. The maximum atomic E-state index is 13.0. The zero-order valence-electron chi connectivity index (χ0n) is 26.7. The van der Waals surface area contributed by atoms with Crippen LogP contribution in [-0.4, -0.2) is 63.7 Å². The van der Waals surface area contributed by atoms with E-state index in [0.717, 1.165) is 33.3 Å². The summed E-state index contributed by atoms with van der Waals surface area (Å²) in [4.78, 5) is 18.0. The highest BCUT2D eigenvalue weighted by Gasteiger charge is 2.21. The molecule has 0 atom stereocenters. The number of carbonyl (C=O) groups is 1. The third-order valence-electron chi connectivity index (χ3n) is 7.65. The Bertz CT molecular complexity index is 2120. The van der Waals surface area contributed by atoms with Crippen LogP contribution in [0.4, 0.5) is 5.69 Å². The van der Waals surface area contributed by atoms with Crippen molar-refractivity contribution in [1.82, 2.24) is 19.7 Å². The van der Waals surface area contributed by atoms with Crippen LogP contribution >= 0.6 is 11.8 Å². The minimum Gasteiger partial charge on any atom is -0.497 e. The highest BCUT2D eigenvalue weighted by atomic mass is 32.2. The SMILES string of the molecule is COc1ccc2nc(-c3ccc(OC)c(OC)c3)cc(-c3nnc(SCC(=O)Nc4ccc(/C(C)=N\O)cc4)n3-c3ccccc3)c2c1. The smallest absolute Gasteiger partial charge is 0.234 e. The van der Waals surface area contributed by atoms with E-state index in [0.29, 0.717) is 45.3 Å². The fourth-order valence-corrected chi connectivity index (χ4v) is 5.94. The Morgan fingerprint density at radius 3 is 2.35 bits per heavy atom. The topological polar surface area (TPSA) is 133 Å². The van der Waals surface area contributed by atoms with Crippen LogP contribution in [0.2, 0.25) is 0 Å². The molecule has 0 radical (unpaired) electrons. The van der Waals surface area contributed by atoms with Gasteiger partial charge in [-0.2, -0.15) is 0 Å². The average molecular weight is 661 g/mol. The molecule has 2 heterocycles. The first-order chi connectivity index (χ1) is 23.4. The Hall–Kier alpha value is -5.88. The van der Waals surface area contributed by atoms with Gasteiger partial charge in [0.1, 0.15) is 5.75 Å². The van der Waals surface area contributed by atoms with Crippen molar-refractivity contribution in [2.75, 3.05) is 32.4 Å². The maximum Gasteiger partial charge on any atom is 0.234 e. The van der Waals surface area contributed by atoms with E-state index in [1.54, 1.807) is 52.5 Å². The molecule has 6 aromatic rings. The van der Waals surface area contributed by atoms with Crippen molar-refractivity contribution in [1.29, 1.82) is 0 Å². The highest BCUT2D eigenvalue weighted by Crippen LogP contribution is 2.38. The van der Waals surface area contributed by atoms with E-state index in [4.69, 9.17) is 24.4 Å². The standard InChI is InChI=1S/C36H32N6O5S/c1-22(41-44)23-10-13-25(14-11-23)37-34(43)21-48-36-40-39-35(42(36)26-8-6-5-7-9-26)29-20-31(24-12-17-32(46-3)33(18-24)47-4)38-30-16-15-27(45-2)19-28(29)30/h5-20,44H,21H2,1-4H3,(H,37,43)/b41-22-. The Labute approximate surface area is 281 Å². The van der Waals surface area contributed by atoms with Gasteiger partial charge in [0.25, 0.3) is 0 Å². The quantitative estimate of drug-likeness (QED) is 0.0646. The molecule has 6 rings (SSSR count). The Morgan fingerprint density at radius 2 is 1.65 bits per heavy atom. The van der Waals surface area contributed by atoms with E-state index in [1.165, 1.54) is 11.8 Å². The number of anilines is 1. The molecule has 0 fully saturated rings. The van der Waals surface area contributed by atoms with Gasteiger partial charge in [0.05, 0.1) is 44.0 Å². The van der Waals surface area contributed by atoms with Gasteiger partial charge in [0, 0.05) is 27.9 Å². The van der Waals surface area contributed by atoms with E-state index >= 15 is 0 Å². The van der Waals surface area contributed by atoms with Crippen LogP contribution < -0.4 is 19.5 Å². The number of hydrogen-bond donors (Lipinski definition) is 2. The number of pyridine rings is 1. The number of methoxy groups -OCH3 is 3. The van der Waals surface area contributed by atoms with Gasteiger partial charge in [-0.25, -0.2) is 4.98 Å². The van der Waals surface area contributed by atoms with Crippen molar-refractivity contribution in [2.45, 2.75) is 12.1 Å². The molecule has 48 heavy (non-hydrogen) atoms. The number of nitrogens with one attached hydrogen (secondary N) is 1. The number of thioether (sulfide) groups is 1. The number of para-hydroxylation sites is 1. The minimum atomic E-state index is -0.209. The molecule has 4 aromatic carbocycles. The molecule has 0 aliphatic rings. The van der Waals surface area contributed by atoms with Crippen molar-refractivity contribution < 1.29 is 24.2 Å². The van der Waals surface area contributed by atoms with E-state index in [1.807, 2.05) is 77.4 Å². The van der Waals surface area contributed by atoms with Gasteiger partial charge in [0.2, 0.25) is 5.91 Å².